The summed E-state index contributed by atoms with van der Waals surface area (Å²) in [6.07, 6.45) is 3.50. The number of hydrogen-bond acceptors (Lipinski definition) is 3. The minimum Gasteiger partial charge on any atom is -0.444 e. The third-order valence-corrected chi connectivity index (χ3v) is 3.63. The first-order chi connectivity index (χ1) is 9.62. The molecule has 1 heterocycles. The van der Waals surface area contributed by atoms with Crippen LogP contribution in [0.15, 0.2) is 18.5 Å². The molecule has 1 rings (SSSR count). The van der Waals surface area contributed by atoms with Gasteiger partial charge >= 0.3 is 6.09 Å². The molecule has 0 spiro atoms. The molecule has 1 aromatic rings. The van der Waals surface area contributed by atoms with Gasteiger partial charge in [0, 0.05) is 31.0 Å². The third kappa shape index (κ3) is 6.21. The molecule has 0 saturated heterocycles. The molecule has 0 saturated carbocycles. The van der Waals surface area contributed by atoms with Gasteiger partial charge in [-0.25, -0.2) is 4.79 Å². The molecule has 1 atom stereocenters. The molecular formula is C16H29N3O2. The smallest absolute Gasteiger partial charge is 0.407 e. The van der Waals surface area contributed by atoms with Crippen LogP contribution in [0.25, 0.3) is 0 Å². The summed E-state index contributed by atoms with van der Waals surface area (Å²) in [5.74, 6) is 0.367. The summed E-state index contributed by atoms with van der Waals surface area (Å²) in [4.78, 5) is 14.8. The SMILES string of the molecule is CC(C)C(C)(CNC(=O)OC(C)(C)C)NCc1cc[nH]c1. The van der Waals surface area contributed by atoms with E-state index in [9.17, 15) is 4.79 Å². The fourth-order valence-corrected chi connectivity index (χ4v) is 1.81. The van der Waals surface area contributed by atoms with Crippen molar-refractivity contribution in [3.8, 4) is 0 Å². The van der Waals surface area contributed by atoms with Crippen molar-refractivity contribution >= 4 is 6.09 Å². The lowest BCUT2D eigenvalue weighted by Gasteiger charge is -2.35. The van der Waals surface area contributed by atoms with Crippen LogP contribution in [0.1, 0.15) is 47.1 Å². The van der Waals surface area contributed by atoms with E-state index >= 15 is 0 Å². The Kier molecular flexibility index (Phi) is 5.84. The van der Waals surface area contributed by atoms with Gasteiger partial charge in [-0.2, -0.15) is 0 Å². The van der Waals surface area contributed by atoms with Gasteiger partial charge in [-0.3, -0.25) is 0 Å². The molecule has 5 nitrogen and oxygen atoms in total. The van der Waals surface area contributed by atoms with Crippen molar-refractivity contribution in [2.45, 2.75) is 59.2 Å². The molecule has 120 valence electrons. The number of carbonyl (C=O) groups is 1. The fraction of sp³-hybridized carbons (Fsp3) is 0.688. The van der Waals surface area contributed by atoms with Crippen molar-refractivity contribution in [2.24, 2.45) is 5.92 Å². The second kappa shape index (κ2) is 6.98. The molecule has 0 aromatic carbocycles. The summed E-state index contributed by atoms with van der Waals surface area (Å²) in [5, 5.41) is 6.39. The molecule has 1 amide bonds. The van der Waals surface area contributed by atoms with Crippen molar-refractivity contribution in [1.29, 1.82) is 0 Å². The van der Waals surface area contributed by atoms with Gasteiger partial charge in [0.2, 0.25) is 0 Å². The maximum atomic E-state index is 11.8. The summed E-state index contributed by atoms with van der Waals surface area (Å²) in [7, 11) is 0. The average Bonchev–Trinajstić information content (AvgIpc) is 2.84. The number of aromatic nitrogens is 1. The molecule has 1 unspecified atom stereocenters. The van der Waals surface area contributed by atoms with Crippen molar-refractivity contribution in [3.63, 3.8) is 0 Å². The number of H-pyrrole nitrogens is 1. The maximum Gasteiger partial charge on any atom is 0.407 e. The van der Waals surface area contributed by atoms with Crippen LogP contribution in [-0.4, -0.2) is 28.8 Å². The molecule has 3 N–H and O–H groups in total. The van der Waals surface area contributed by atoms with E-state index in [2.05, 4.69) is 36.4 Å². The highest BCUT2D eigenvalue weighted by Gasteiger charge is 2.29. The zero-order valence-corrected chi connectivity index (χ0v) is 14.0. The largest absolute Gasteiger partial charge is 0.444 e. The number of carbonyl (C=O) groups excluding carboxylic acids is 1. The Morgan fingerprint density at radius 3 is 2.48 bits per heavy atom. The molecule has 21 heavy (non-hydrogen) atoms. The van der Waals surface area contributed by atoms with Crippen molar-refractivity contribution in [3.05, 3.63) is 24.0 Å². The van der Waals surface area contributed by atoms with E-state index in [0.717, 1.165) is 6.54 Å². The van der Waals surface area contributed by atoms with Gasteiger partial charge in [-0.1, -0.05) is 13.8 Å². The predicted octanol–water partition coefficient (Wildman–Crippen LogP) is 3.04. The summed E-state index contributed by atoms with van der Waals surface area (Å²) < 4.78 is 5.28. The Morgan fingerprint density at radius 1 is 1.33 bits per heavy atom. The first-order valence-electron chi connectivity index (χ1n) is 7.46. The van der Waals surface area contributed by atoms with Crippen LogP contribution in [0.4, 0.5) is 4.79 Å². The van der Waals surface area contributed by atoms with Gasteiger partial charge in [-0.05, 0) is 45.2 Å². The second-order valence-electron chi connectivity index (χ2n) is 7.00. The second-order valence-corrected chi connectivity index (χ2v) is 7.00. The van der Waals surface area contributed by atoms with E-state index in [1.165, 1.54) is 5.56 Å². The first kappa shape index (κ1) is 17.6. The summed E-state index contributed by atoms with van der Waals surface area (Å²) in [5.41, 5.74) is 0.518. The van der Waals surface area contributed by atoms with E-state index in [1.807, 2.05) is 39.2 Å². The molecule has 0 aliphatic heterocycles. The maximum absolute atomic E-state index is 11.8. The van der Waals surface area contributed by atoms with Gasteiger partial charge in [-0.15, -0.1) is 0 Å². The van der Waals surface area contributed by atoms with E-state index < -0.39 is 5.60 Å². The zero-order valence-electron chi connectivity index (χ0n) is 14.0. The molecule has 0 fully saturated rings. The first-order valence-corrected chi connectivity index (χ1v) is 7.46. The average molecular weight is 295 g/mol. The fourth-order valence-electron chi connectivity index (χ4n) is 1.81. The number of nitrogens with one attached hydrogen (secondary N) is 3. The molecule has 0 aliphatic rings. The molecule has 0 bridgehead atoms. The Hall–Kier alpha value is -1.49. The predicted molar refractivity (Wildman–Crippen MR) is 85.1 cm³/mol. The van der Waals surface area contributed by atoms with E-state index in [-0.39, 0.29) is 11.6 Å². The van der Waals surface area contributed by atoms with Crippen LogP contribution in [0.3, 0.4) is 0 Å². The number of hydrogen-bond donors (Lipinski definition) is 3. The van der Waals surface area contributed by atoms with Crippen molar-refractivity contribution in [1.82, 2.24) is 15.6 Å². The van der Waals surface area contributed by atoms with Crippen LogP contribution in [0, 0.1) is 5.92 Å². The Balaban J connectivity index is 2.53. The van der Waals surface area contributed by atoms with E-state index in [1.54, 1.807) is 0 Å². The molecule has 0 radical (unpaired) electrons. The summed E-state index contributed by atoms with van der Waals surface area (Å²) in [6, 6.07) is 2.04. The van der Waals surface area contributed by atoms with Gasteiger partial charge in [0.05, 0.1) is 0 Å². The number of aromatic amines is 1. The van der Waals surface area contributed by atoms with Gasteiger partial charge in [0.25, 0.3) is 0 Å². The zero-order chi connectivity index (χ0) is 16.1. The van der Waals surface area contributed by atoms with Gasteiger partial charge in [0.15, 0.2) is 0 Å². The van der Waals surface area contributed by atoms with Gasteiger partial charge in [0.1, 0.15) is 5.60 Å². The summed E-state index contributed by atoms with van der Waals surface area (Å²) in [6.45, 7) is 13.2. The molecule has 5 heteroatoms. The minimum atomic E-state index is -0.475. The molecule has 1 aromatic heterocycles. The van der Waals surface area contributed by atoms with Crippen LogP contribution < -0.4 is 10.6 Å². The van der Waals surface area contributed by atoms with Crippen LogP contribution in [-0.2, 0) is 11.3 Å². The Labute approximate surface area is 127 Å². The lowest BCUT2D eigenvalue weighted by molar-refractivity contribution is 0.0503. The number of amides is 1. The van der Waals surface area contributed by atoms with Crippen LogP contribution in [0.5, 0.6) is 0 Å². The van der Waals surface area contributed by atoms with E-state index in [4.69, 9.17) is 4.74 Å². The number of alkyl carbamates (subject to hydrolysis) is 1. The van der Waals surface area contributed by atoms with Gasteiger partial charge < -0.3 is 20.4 Å². The topological polar surface area (TPSA) is 66.2 Å². The summed E-state index contributed by atoms with van der Waals surface area (Å²) >= 11 is 0. The van der Waals surface area contributed by atoms with Crippen LogP contribution in [0.2, 0.25) is 0 Å². The number of ether oxygens (including phenoxy) is 1. The lowest BCUT2D eigenvalue weighted by atomic mass is 9.88. The lowest BCUT2D eigenvalue weighted by Crippen LogP contribution is -2.55. The Bertz CT molecular complexity index is 435. The quantitative estimate of drug-likeness (QED) is 0.755. The number of rotatable bonds is 6. The monoisotopic (exact) mass is 295 g/mol. The normalized spacial score (nSPS) is 14.8. The minimum absolute atomic E-state index is 0.200. The highest BCUT2D eigenvalue weighted by atomic mass is 16.6. The standard InChI is InChI=1S/C16H29N3O2/c1-12(2)16(6,19-10-13-7-8-17-9-13)11-18-14(20)21-15(3,4)5/h7-9,12,17,19H,10-11H2,1-6H3,(H,18,20). The third-order valence-electron chi connectivity index (χ3n) is 3.63. The van der Waals surface area contributed by atoms with Crippen molar-refractivity contribution in [2.75, 3.05) is 6.54 Å². The van der Waals surface area contributed by atoms with Crippen LogP contribution >= 0.6 is 0 Å². The van der Waals surface area contributed by atoms with E-state index in [0.29, 0.717) is 12.5 Å². The Morgan fingerprint density at radius 2 is 2.00 bits per heavy atom. The van der Waals surface area contributed by atoms with Crippen molar-refractivity contribution < 1.29 is 9.53 Å². The molecule has 0 aliphatic carbocycles. The highest BCUT2D eigenvalue weighted by Crippen LogP contribution is 2.17. The molecular weight excluding hydrogens is 266 g/mol. The highest BCUT2D eigenvalue weighted by molar-refractivity contribution is 5.67.